The summed E-state index contributed by atoms with van der Waals surface area (Å²) in [5.74, 6) is -0.175. The fraction of sp³-hybridized carbons (Fsp3) is 0.875. The Balaban J connectivity index is 3.24. The lowest BCUT2D eigenvalue weighted by molar-refractivity contribution is -0.141. The summed E-state index contributed by atoms with van der Waals surface area (Å²) in [5.41, 5.74) is 0. The lowest BCUT2D eigenvalue weighted by atomic mass is 10.4. The third-order valence-electron chi connectivity index (χ3n) is 1.41. The molecule has 0 bridgehead atoms. The molecule has 12 heavy (non-hydrogen) atoms. The molecule has 1 N–H and O–H groups in total. The van der Waals surface area contributed by atoms with Crippen molar-refractivity contribution in [3.05, 3.63) is 0 Å². The third-order valence-corrected chi connectivity index (χ3v) is 2.38. The van der Waals surface area contributed by atoms with E-state index in [0.29, 0.717) is 18.4 Å². The molecular formula is C8H17NO2S. The van der Waals surface area contributed by atoms with Gasteiger partial charge < -0.3 is 10.1 Å². The van der Waals surface area contributed by atoms with Crippen molar-refractivity contribution in [3.8, 4) is 0 Å². The summed E-state index contributed by atoms with van der Waals surface area (Å²) >= 11 is 1.78. The van der Waals surface area contributed by atoms with Crippen molar-refractivity contribution in [1.29, 1.82) is 0 Å². The van der Waals surface area contributed by atoms with E-state index < -0.39 is 0 Å². The average Bonchev–Trinajstić information content (AvgIpc) is 2.04. The summed E-state index contributed by atoms with van der Waals surface area (Å²) in [7, 11) is 0. The van der Waals surface area contributed by atoms with E-state index in [1.165, 1.54) is 0 Å². The highest BCUT2D eigenvalue weighted by molar-refractivity contribution is 7.99. The molecule has 0 heterocycles. The molecule has 0 radical (unpaired) electrons. The summed E-state index contributed by atoms with van der Waals surface area (Å²) < 4.78 is 4.75. The van der Waals surface area contributed by atoms with Crippen molar-refractivity contribution in [2.24, 2.45) is 0 Å². The number of esters is 1. The highest BCUT2D eigenvalue weighted by Crippen LogP contribution is 2.01. The van der Waals surface area contributed by atoms with Gasteiger partial charge >= 0.3 is 5.97 Å². The van der Waals surface area contributed by atoms with Crippen LogP contribution in [0.15, 0.2) is 0 Å². The van der Waals surface area contributed by atoms with Crippen LogP contribution in [0, 0.1) is 0 Å². The van der Waals surface area contributed by atoms with Crippen molar-refractivity contribution < 1.29 is 9.53 Å². The molecule has 0 rings (SSSR count). The van der Waals surface area contributed by atoms with Gasteiger partial charge in [0.1, 0.15) is 0 Å². The number of hydrogen-bond donors (Lipinski definition) is 1. The molecule has 0 saturated carbocycles. The Kier molecular flexibility index (Phi) is 7.29. The lowest BCUT2D eigenvalue weighted by Crippen LogP contribution is -2.29. The zero-order valence-electron chi connectivity index (χ0n) is 7.92. The van der Waals surface area contributed by atoms with E-state index in [-0.39, 0.29) is 5.97 Å². The first kappa shape index (κ1) is 11.8. The summed E-state index contributed by atoms with van der Waals surface area (Å²) in [5, 5.41) is 3.57. The second-order valence-corrected chi connectivity index (χ2v) is 3.76. The predicted octanol–water partition coefficient (Wildman–Crippen LogP) is 0.891. The minimum atomic E-state index is -0.175. The van der Waals surface area contributed by atoms with Crippen LogP contribution in [0.25, 0.3) is 0 Å². The Hall–Kier alpha value is -0.220. The van der Waals surface area contributed by atoms with E-state index >= 15 is 0 Å². The van der Waals surface area contributed by atoms with Gasteiger partial charge in [-0.1, -0.05) is 6.92 Å². The third kappa shape index (κ3) is 6.49. The SMILES string of the molecule is CCOC(=O)CNCC(C)SC. The molecule has 0 aromatic rings. The van der Waals surface area contributed by atoms with Gasteiger partial charge in [0.25, 0.3) is 0 Å². The van der Waals surface area contributed by atoms with E-state index in [0.717, 1.165) is 6.54 Å². The first-order chi connectivity index (χ1) is 5.70. The lowest BCUT2D eigenvalue weighted by Gasteiger charge is -2.08. The number of carbonyl (C=O) groups excluding carboxylic acids is 1. The smallest absolute Gasteiger partial charge is 0.319 e. The number of nitrogens with one attached hydrogen (secondary N) is 1. The molecule has 0 fully saturated rings. The maximum absolute atomic E-state index is 10.8. The Morgan fingerprint density at radius 2 is 2.33 bits per heavy atom. The van der Waals surface area contributed by atoms with Crippen LogP contribution >= 0.6 is 11.8 Å². The van der Waals surface area contributed by atoms with Crippen molar-refractivity contribution in [2.75, 3.05) is 26.0 Å². The van der Waals surface area contributed by atoms with E-state index in [4.69, 9.17) is 4.74 Å². The quantitative estimate of drug-likeness (QED) is 0.633. The summed E-state index contributed by atoms with van der Waals surface area (Å²) in [6.45, 7) is 5.54. The van der Waals surface area contributed by atoms with Crippen LogP contribution in [-0.4, -0.2) is 37.2 Å². The summed E-state index contributed by atoms with van der Waals surface area (Å²) in [4.78, 5) is 10.8. The molecule has 0 aromatic carbocycles. The minimum Gasteiger partial charge on any atom is -0.465 e. The first-order valence-electron chi connectivity index (χ1n) is 4.09. The van der Waals surface area contributed by atoms with Gasteiger partial charge in [-0.2, -0.15) is 11.8 Å². The van der Waals surface area contributed by atoms with Crippen LogP contribution in [0.3, 0.4) is 0 Å². The van der Waals surface area contributed by atoms with Crippen molar-refractivity contribution in [1.82, 2.24) is 5.32 Å². The van der Waals surface area contributed by atoms with Gasteiger partial charge in [-0.3, -0.25) is 4.79 Å². The highest BCUT2D eigenvalue weighted by Gasteiger charge is 2.02. The molecule has 0 aliphatic rings. The molecule has 1 unspecified atom stereocenters. The standard InChI is InChI=1S/C8H17NO2S/c1-4-11-8(10)6-9-5-7(2)12-3/h7,9H,4-6H2,1-3H3. The molecule has 4 heteroatoms. The van der Waals surface area contributed by atoms with Crippen molar-refractivity contribution in [2.45, 2.75) is 19.1 Å². The van der Waals surface area contributed by atoms with Crippen LogP contribution in [0.1, 0.15) is 13.8 Å². The van der Waals surface area contributed by atoms with Gasteiger partial charge in [0.15, 0.2) is 0 Å². The predicted molar refractivity (Wildman–Crippen MR) is 52.5 cm³/mol. The Morgan fingerprint density at radius 3 is 2.83 bits per heavy atom. The van der Waals surface area contributed by atoms with E-state index in [9.17, 15) is 4.79 Å². The van der Waals surface area contributed by atoms with E-state index in [1.54, 1.807) is 11.8 Å². The van der Waals surface area contributed by atoms with Crippen molar-refractivity contribution >= 4 is 17.7 Å². The van der Waals surface area contributed by atoms with Gasteiger partial charge in [-0.15, -0.1) is 0 Å². The zero-order valence-corrected chi connectivity index (χ0v) is 8.74. The van der Waals surface area contributed by atoms with Gasteiger partial charge in [-0.25, -0.2) is 0 Å². The second-order valence-electron chi connectivity index (χ2n) is 2.48. The minimum absolute atomic E-state index is 0.175. The molecule has 72 valence electrons. The van der Waals surface area contributed by atoms with Crippen LogP contribution in [0.4, 0.5) is 0 Å². The number of thioether (sulfide) groups is 1. The Morgan fingerprint density at radius 1 is 1.67 bits per heavy atom. The second kappa shape index (κ2) is 7.43. The molecular weight excluding hydrogens is 174 g/mol. The summed E-state index contributed by atoms with van der Waals surface area (Å²) in [6, 6.07) is 0. The molecule has 0 spiro atoms. The average molecular weight is 191 g/mol. The molecule has 0 aromatic heterocycles. The van der Waals surface area contributed by atoms with Gasteiger partial charge in [0.2, 0.25) is 0 Å². The molecule has 0 saturated heterocycles. The number of hydrogen-bond acceptors (Lipinski definition) is 4. The Labute approximate surface area is 78.2 Å². The van der Waals surface area contributed by atoms with Gasteiger partial charge in [-0.05, 0) is 13.2 Å². The largest absolute Gasteiger partial charge is 0.465 e. The van der Waals surface area contributed by atoms with E-state index in [2.05, 4.69) is 18.5 Å². The molecule has 0 aliphatic heterocycles. The molecule has 3 nitrogen and oxygen atoms in total. The maximum atomic E-state index is 10.8. The molecule has 0 aliphatic carbocycles. The maximum Gasteiger partial charge on any atom is 0.319 e. The van der Waals surface area contributed by atoms with Gasteiger partial charge in [0.05, 0.1) is 13.2 Å². The van der Waals surface area contributed by atoms with Crippen LogP contribution < -0.4 is 5.32 Å². The highest BCUT2D eigenvalue weighted by atomic mass is 32.2. The normalized spacial score (nSPS) is 12.6. The molecule has 0 amide bonds. The zero-order chi connectivity index (χ0) is 9.40. The monoisotopic (exact) mass is 191 g/mol. The topological polar surface area (TPSA) is 38.3 Å². The van der Waals surface area contributed by atoms with Crippen molar-refractivity contribution in [3.63, 3.8) is 0 Å². The number of ether oxygens (including phenoxy) is 1. The Bertz CT molecular complexity index is 130. The first-order valence-corrected chi connectivity index (χ1v) is 5.38. The van der Waals surface area contributed by atoms with Crippen LogP contribution in [0.2, 0.25) is 0 Å². The fourth-order valence-electron chi connectivity index (χ4n) is 0.673. The molecule has 1 atom stereocenters. The number of rotatable bonds is 6. The van der Waals surface area contributed by atoms with Gasteiger partial charge in [0, 0.05) is 11.8 Å². The van der Waals surface area contributed by atoms with Crippen LogP contribution in [-0.2, 0) is 9.53 Å². The summed E-state index contributed by atoms with van der Waals surface area (Å²) in [6.07, 6.45) is 2.05. The number of carbonyl (C=O) groups is 1. The fourth-order valence-corrected chi connectivity index (χ4v) is 0.957. The van der Waals surface area contributed by atoms with E-state index in [1.807, 2.05) is 6.92 Å². The van der Waals surface area contributed by atoms with Crippen LogP contribution in [0.5, 0.6) is 0 Å².